The summed E-state index contributed by atoms with van der Waals surface area (Å²) in [6.07, 6.45) is 1.43. The van der Waals surface area contributed by atoms with Crippen LogP contribution < -0.4 is 5.32 Å². The van der Waals surface area contributed by atoms with Crippen LogP contribution in [0.4, 0.5) is 0 Å². The molecule has 1 rings (SSSR count). The molecule has 0 aliphatic carbocycles. The van der Waals surface area contributed by atoms with Gasteiger partial charge in [-0.2, -0.15) is 0 Å². The van der Waals surface area contributed by atoms with Crippen molar-refractivity contribution in [3.05, 3.63) is 20.8 Å². The molecular weight excluding hydrogens is 286 g/mol. The fraction of sp³-hybridized carbons (Fsp3) is 0.667. The summed E-state index contributed by atoms with van der Waals surface area (Å²) in [7, 11) is 0. The summed E-state index contributed by atoms with van der Waals surface area (Å²) in [6, 6.07) is 2.49. The van der Waals surface area contributed by atoms with Crippen LogP contribution in [0.1, 0.15) is 38.1 Å². The molecule has 0 fully saturated rings. The summed E-state index contributed by atoms with van der Waals surface area (Å²) in [6.45, 7) is 8.09. The highest BCUT2D eigenvalue weighted by Crippen LogP contribution is 2.26. The SMILES string of the molecule is CCCNC(COC(C)C)c1cc(Br)cs1. The van der Waals surface area contributed by atoms with Crippen LogP contribution in [-0.4, -0.2) is 19.3 Å². The average molecular weight is 306 g/mol. The zero-order valence-electron chi connectivity index (χ0n) is 10.1. The molecule has 16 heavy (non-hydrogen) atoms. The maximum absolute atomic E-state index is 5.69. The Labute approximate surface area is 111 Å². The highest BCUT2D eigenvalue weighted by molar-refractivity contribution is 9.10. The number of ether oxygens (including phenoxy) is 1. The fourth-order valence-corrected chi connectivity index (χ4v) is 2.87. The maximum atomic E-state index is 5.69. The second-order valence-electron chi connectivity index (χ2n) is 4.06. The first-order valence-electron chi connectivity index (χ1n) is 5.72. The van der Waals surface area contributed by atoms with Gasteiger partial charge in [0.15, 0.2) is 0 Å². The molecule has 0 saturated carbocycles. The van der Waals surface area contributed by atoms with Crippen LogP contribution in [0, 0.1) is 0 Å². The monoisotopic (exact) mass is 305 g/mol. The normalized spacial score (nSPS) is 13.3. The highest BCUT2D eigenvalue weighted by atomic mass is 79.9. The zero-order chi connectivity index (χ0) is 12.0. The Kier molecular flexibility index (Phi) is 6.58. The molecule has 2 nitrogen and oxygen atoms in total. The Morgan fingerprint density at radius 1 is 1.50 bits per heavy atom. The minimum atomic E-state index is 0.286. The Morgan fingerprint density at radius 2 is 2.25 bits per heavy atom. The van der Waals surface area contributed by atoms with Crippen molar-refractivity contribution in [1.82, 2.24) is 5.32 Å². The molecule has 1 N–H and O–H groups in total. The Hall–Kier alpha value is 0.1000. The maximum Gasteiger partial charge on any atom is 0.0672 e. The van der Waals surface area contributed by atoms with E-state index in [1.807, 2.05) is 0 Å². The lowest BCUT2D eigenvalue weighted by atomic mass is 10.2. The lowest BCUT2D eigenvalue weighted by Crippen LogP contribution is -2.26. The molecule has 92 valence electrons. The molecule has 1 heterocycles. The van der Waals surface area contributed by atoms with Gasteiger partial charge in [0.1, 0.15) is 0 Å². The van der Waals surface area contributed by atoms with E-state index in [0.717, 1.165) is 24.0 Å². The third kappa shape index (κ3) is 4.95. The molecule has 1 aromatic heterocycles. The van der Waals surface area contributed by atoms with Crippen LogP contribution in [0.15, 0.2) is 15.9 Å². The molecule has 0 amide bonds. The average Bonchev–Trinajstić information content (AvgIpc) is 2.64. The second-order valence-corrected chi connectivity index (χ2v) is 5.91. The van der Waals surface area contributed by atoms with Crippen molar-refractivity contribution < 1.29 is 4.74 Å². The Morgan fingerprint density at radius 3 is 2.75 bits per heavy atom. The summed E-state index contributed by atoms with van der Waals surface area (Å²) >= 11 is 5.26. The smallest absolute Gasteiger partial charge is 0.0672 e. The van der Waals surface area contributed by atoms with E-state index in [2.05, 4.69) is 53.5 Å². The summed E-state index contributed by atoms with van der Waals surface area (Å²) < 4.78 is 6.85. The minimum Gasteiger partial charge on any atom is -0.377 e. The van der Waals surface area contributed by atoms with Crippen LogP contribution in [0.3, 0.4) is 0 Å². The number of hydrogen-bond acceptors (Lipinski definition) is 3. The number of rotatable bonds is 7. The molecule has 0 radical (unpaired) electrons. The van der Waals surface area contributed by atoms with E-state index in [0.29, 0.717) is 6.04 Å². The molecule has 0 spiro atoms. The summed E-state index contributed by atoms with van der Waals surface area (Å²) in [5.41, 5.74) is 0. The lowest BCUT2D eigenvalue weighted by molar-refractivity contribution is 0.0618. The largest absolute Gasteiger partial charge is 0.377 e. The molecule has 0 aliphatic heterocycles. The third-order valence-electron chi connectivity index (χ3n) is 2.17. The van der Waals surface area contributed by atoms with Gasteiger partial charge in [0, 0.05) is 14.7 Å². The molecule has 4 heteroatoms. The molecule has 0 aliphatic rings. The Balaban J connectivity index is 2.55. The standard InChI is InChI=1S/C12H20BrNOS/c1-4-5-14-11(7-15-9(2)3)12-6-10(13)8-16-12/h6,8-9,11,14H,4-5,7H2,1-3H3. The van der Waals surface area contributed by atoms with Crippen molar-refractivity contribution >= 4 is 27.3 Å². The summed E-state index contributed by atoms with van der Waals surface area (Å²) in [4.78, 5) is 1.33. The van der Waals surface area contributed by atoms with Crippen molar-refractivity contribution in [2.45, 2.75) is 39.3 Å². The fourth-order valence-electron chi connectivity index (χ4n) is 1.36. The highest BCUT2D eigenvalue weighted by Gasteiger charge is 2.13. The van der Waals surface area contributed by atoms with Gasteiger partial charge in [0.25, 0.3) is 0 Å². The van der Waals surface area contributed by atoms with Crippen LogP contribution in [0.2, 0.25) is 0 Å². The van der Waals surface area contributed by atoms with Gasteiger partial charge >= 0.3 is 0 Å². The van der Waals surface area contributed by atoms with Crippen molar-refractivity contribution in [2.75, 3.05) is 13.2 Å². The van der Waals surface area contributed by atoms with E-state index in [-0.39, 0.29) is 6.10 Å². The van der Waals surface area contributed by atoms with Crippen molar-refractivity contribution in [3.8, 4) is 0 Å². The van der Waals surface area contributed by atoms with E-state index < -0.39 is 0 Å². The lowest BCUT2D eigenvalue weighted by Gasteiger charge is -2.18. The first-order chi connectivity index (χ1) is 7.63. The molecule has 0 aromatic carbocycles. The van der Waals surface area contributed by atoms with Gasteiger partial charge in [-0.3, -0.25) is 0 Å². The van der Waals surface area contributed by atoms with Crippen LogP contribution in [0.25, 0.3) is 0 Å². The van der Waals surface area contributed by atoms with Gasteiger partial charge in [-0.15, -0.1) is 11.3 Å². The van der Waals surface area contributed by atoms with Crippen molar-refractivity contribution in [2.24, 2.45) is 0 Å². The predicted molar refractivity (Wildman–Crippen MR) is 74.1 cm³/mol. The number of nitrogens with one attached hydrogen (secondary N) is 1. The van der Waals surface area contributed by atoms with Crippen LogP contribution in [-0.2, 0) is 4.74 Å². The quantitative estimate of drug-likeness (QED) is 0.823. The van der Waals surface area contributed by atoms with E-state index in [9.17, 15) is 0 Å². The first-order valence-corrected chi connectivity index (χ1v) is 7.39. The number of halogens is 1. The molecule has 1 atom stereocenters. The van der Waals surface area contributed by atoms with Gasteiger partial charge < -0.3 is 10.1 Å². The first kappa shape index (κ1) is 14.2. The minimum absolute atomic E-state index is 0.286. The van der Waals surface area contributed by atoms with Gasteiger partial charge in [0.2, 0.25) is 0 Å². The summed E-state index contributed by atoms with van der Waals surface area (Å²) in [5.74, 6) is 0. The third-order valence-corrected chi connectivity index (χ3v) is 3.98. The predicted octanol–water partition coefficient (Wildman–Crippen LogP) is 3.98. The molecule has 0 bridgehead atoms. The number of thiophene rings is 1. The van der Waals surface area contributed by atoms with E-state index in [1.54, 1.807) is 11.3 Å². The van der Waals surface area contributed by atoms with Gasteiger partial charge in [0.05, 0.1) is 18.8 Å². The Bertz CT molecular complexity index is 301. The zero-order valence-corrected chi connectivity index (χ0v) is 12.5. The van der Waals surface area contributed by atoms with Gasteiger partial charge in [-0.25, -0.2) is 0 Å². The van der Waals surface area contributed by atoms with E-state index in [4.69, 9.17) is 4.74 Å². The molecule has 1 aromatic rings. The summed E-state index contributed by atoms with van der Waals surface area (Å²) in [5, 5.41) is 5.64. The van der Waals surface area contributed by atoms with Crippen molar-refractivity contribution in [3.63, 3.8) is 0 Å². The van der Waals surface area contributed by atoms with E-state index >= 15 is 0 Å². The second kappa shape index (κ2) is 7.43. The molecule has 1 unspecified atom stereocenters. The van der Waals surface area contributed by atoms with Crippen molar-refractivity contribution in [1.29, 1.82) is 0 Å². The van der Waals surface area contributed by atoms with Gasteiger partial charge in [-0.1, -0.05) is 6.92 Å². The number of hydrogen-bond donors (Lipinski definition) is 1. The topological polar surface area (TPSA) is 21.3 Å². The molecular formula is C12H20BrNOS. The molecule has 0 saturated heterocycles. The van der Waals surface area contributed by atoms with Gasteiger partial charge in [-0.05, 0) is 48.8 Å². The van der Waals surface area contributed by atoms with Crippen LogP contribution >= 0.6 is 27.3 Å². The van der Waals surface area contributed by atoms with E-state index in [1.165, 1.54) is 4.88 Å². The van der Waals surface area contributed by atoms with Crippen LogP contribution in [0.5, 0.6) is 0 Å².